The fourth-order valence-corrected chi connectivity index (χ4v) is 3.17. The monoisotopic (exact) mass is 248 g/mol. The van der Waals surface area contributed by atoms with E-state index in [1.807, 2.05) is 25.5 Å². The Hall–Kier alpha value is -0.970. The van der Waals surface area contributed by atoms with Crippen molar-refractivity contribution in [2.24, 2.45) is 0 Å². The molecule has 2 heterocycles. The van der Waals surface area contributed by atoms with E-state index in [9.17, 15) is 0 Å². The van der Waals surface area contributed by atoms with E-state index < -0.39 is 0 Å². The highest BCUT2D eigenvalue weighted by Gasteiger charge is 2.46. The van der Waals surface area contributed by atoms with Crippen LogP contribution in [0.5, 0.6) is 0 Å². The number of hydrogen-bond acceptors (Lipinski definition) is 4. The molecule has 1 aliphatic carbocycles. The van der Waals surface area contributed by atoms with Crippen molar-refractivity contribution >= 4 is 0 Å². The van der Waals surface area contributed by atoms with Crippen LogP contribution in [0.2, 0.25) is 0 Å². The molecule has 1 saturated heterocycles. The predicted molar refractivity (Wildman–Crippen MR) is 68.1 cm³/mol. The summed E-state index contributed by atoms with van der Waals surface area (Å²) in [4.78, 5) is 4.24. The summed E-state index contributed by atoms with van der Waals surface area (Å²) in [5.41, 5.74) is 1.29. The Balaban J connectivity index is 1.79. The highest BCUT2D eigenvalue weighted by molar-refractivity contribution is 5.22. The standard InChI is InChI=1S/C14H20N2O2/c1-15-13(12-3-2-8-16-11-12)4-6-14(7-5-13)17-9-10-18-14/h2-3,8,11,15H,4-7,9-10H2,1H3. The van der Waals surface area contributed by atoms with Gasteiger partial charge in [-0.2, -0.15) is 0 Å². The van der Waals surface area contributed by atoms with Gasteiger partial charge < -0.3 is 14.8 Å². The first kappa shape index (κ1) is 12.1. The highest BCUT2D eigenvalue weighted by Crippen LogP contribution is 2.44. The number of ether oxygens (including phenoxy) is 2. The summed E-state index contributed by atoms with van der Waals surface area (Å²) in [6, 6.07) is 4.15. The molecule has 1 aliphatic heterocycles. The maximum Gasteiger partial charge on any atom is 0.168 e. The first-order chi connectivity index (χ1) is 8.79. The van der Waals surface area contributed by atoms with E-state index in [0.717, 1.165) is 38.9 Å². The topological polar surface area (TPSA) is 43.4 Å². The summed E-state index contributed by atoms with van der Waals surface area (Å²) >= 11 is 0. The van der Waals surface area contributed by atoms with Crippen molar-refractivity contribution in [3.63, 3.8) is 0 Å². The van der Waals surface area contributed by atoms with Crippen molar-refractivity contribution in [1.29, 1.82) is 0 Å². The zero-order chi connectivity index (χ0) is 12.5. The van der Waals surface area contributed by atoms with Crippen LogP contribution in [0.3, 0.4) is 0 Å². The molecule has 0 aromatic carbocycles. The molecule has 2 aliphatic rings. The zero-order valence-corrected chi connectivity index (χ0v) is 10.8. The van der Waals surface area contributed by atoms with Gasteiger partial charge in [0.15, 0.2) is 5.79 Å². The molecule has 18 heavy (non-hydrogen) atoms. The Morgan fingerprint density at radius 3 is 2.44 bits per heavy atom. The van der Waals surface area contributed by atoms with Gasteiger partial charge in [-0.25, -0.2) is 0 Å². The van der Waals surface area contributed by atoms with Crippen LogP contribution >= 0.6 is 0 Å². The predicted octanol–water partition coefficient (Wildman–Crippen LogP) is 1.81. The number of nitrogens with one attached hydrogen (secondary N) is 1. The van der Waals surface area contributed by atoms with Gasteiger partial charge in [0.25, 0.3) is 0 Å². The van der Waals surface area contributed by atoms with E-state index in [1.165, 1.54) is 5.56 Å². The smallest absolute Gasteiger partial charge is 0.168 e. The fraction of sp³-hybridized carbons (Fsp3) is 0.643. The summed E-state index contributed by atoms with van der Waals surface area (Å²) in [7, 11) is 2.03. The Morgan fingerprint density at radius 2 is 1.89 bits per heavy atom. The average molecular weight is 248 g/mol. The molecule has 3 rings (SSSR count). The number of rotatable bonds is 2. The summed E-state index contributed by atoms with van der Waals surface area (Å²) in [6.07, 6.45) is 7.72. The van der Waals surface area contributed by atoms with Crippen molar-refractivity contribution in [3.05, 3.63) is 30.1 Å². The van der Waals surface area contributed by atoms with Gasteiger partial charge >= 0.3 is 0 Å². The van der Waals surface area contributed by atoms with E-state index in [4.69, 9.17) is 9.47 Å². The van der Waals surface area contributed by atoms with Gasteiger partial charge in [-0.3, -0.25) is 4.98 Å². The molecule has 4 heteroatoms. The lowest BCUT2D eigenvalue weighted by molar-refractivity contribution is -0.186. The van der Waals surface area contributed by atoms with Gasteiger partial charge in [-0.15, -0.1) is 0 Å². The Labute approximate surface area is 108 Å². The van der Waals surface area contributed by atoms with E-state index in [0.29, 0.717) is 0 Å². The molecule has 1 N–H and O–H groups in total. The first-order valence-corrected chi connectivity index (χ1v) is 6.66. The van der Waals surface area contributed by atoms with Crippen molar-refractivity contribution in [3.8, 4) is 0 Å². The molecular formula is C14H20N2O2. The average Bonchev–Trinajstić information content (AvgIpc) is 2.90. The third kappa shape index (κ3) is 1.94. The van der Waals surface area contributed by atoms with E-state index in [2.05, 4.69) is 16.4 Å². The van der Waals surface area contributed by atoms with Crippen molar-refractivity contribution in [2.75, 3.05) is 20.3 Å². The van der Waals surface area contributed by atoms with Gasteiger partial charge in [0.05, 0.1) is 13.2 Å². The second kappa shape index (κ2) is 4.61. The van der Waals surface area contributed by atoms with Gasteiger partial charge in [-0.05, 0) is 31.5 Å². The minimum Gasteiger partial charge on any atom is -0.348 e. The third-order valence-electron chi connectivity index (χ3n) is 4.37. The molecule has 2 fully saturated rings. The van der Waals surface area contributed by atoms with E-state index in [-0.39, 0.29) is 11.3 Å². The largest absolute Gasteiger partial charge is 0.348 e. The number of nitrogens with zero attached hydrogens (tertiary/aromatic N) is 1. The third-order valence-corrected chi connectivity index (χ3v) is 4.37. The number of pyridine rings is 1. The Morgan fingerprint density at radius 1 is 1.17 bits per heavy atom. The zero-order valence-electron chi connectivity index (χ0n) is 10.8. The molecule has 4 nitrogen and oxygen atoms in total. The Kier molecular flexibility index (Phi) is 3.09. The molecule has 1 spiro atoms. The van der Waals surface area contributed by atoms with Crippen molar-refractivity contribution < 1.29 is 9.47 Å². The molecular weight excluding hydrogens is 228 g/mol. The SMILES string of the molecule is CNC1(c2cccnc2)CCC2(CC1)OCCO2. The van der Waals surface area contributed by atoms with Gasteiger partial charge in [-0.1, -0.05) is 6.07 Å². The lowest BCUT2D eigenvalue weighted by atomic mass is 9.75. The molecule has 1 aromatic rings. The molecule has 1 saturated carbocycles. The molecule has 0 unspecified atom stereocenters. The molecule has 0 amide bonds. The summed E-state index contributed by atoms with van der Waals surface area (Å²) < 4.78 is 11.6. The maximum atomic E-state index is 5.79. The maximum absolute atomic E-state index is 5.79. The number of hydrogen-bond donors (Lipinski definition) is 1. The van der Waals surface area contributed by atoms with Crippen LogP contribution < -0.4 is 5.32 Å². The van der Waals surface area contributed by atoms with Gasteiger partial charge in [0.2, 0.25) is 0 Å². The van der Waals surface area contributed by atoms with E-state index >= 15 is 0 Å². The second-order valence-electron chi connectivity index (χ2n) is 5.18. The van der Waals surface area contributed by atoms with Crippen LogP contribution in [0.25, 0.3) is 0 Å². The van der Waals surface area contributed by atoms with Crippen LogP contribution in [0, 0.1) is 0 Å². The summed E-state index contributed by atoms with van der Waals surface area (Å²) in [5.74, 6) is -0.303. The quantitative estimate of drug-likeness (QED) is 0.867. The van der Waals surface area contributed by atoms with E-state index in [1.54, 1.807) is 0 Å². The summed E-state index contributed by atoms with van der Waals surface area (Å²) in [6.45, 7) is 1.47. The molecule has 0 radical (unpaired) electrons. The van der Waals surface area contributed by atoms with Crippen LogP contribution in [0.15, 0.2) is 24.5 Å². The summed E-state index contributed by atoms with van der Waals surface area (Å²) in [5, 5.41) is 3.49. The molecule has 0 atom stereocenters. The van der Waals surface area contributed by atoms with Gasteiger partial charge in [0, 0.05) is 30.8 Å². The number of aromatic nitrogens is 1. The first-order valence-electron chi connectivity index (χ1n) is 6.66. The molecule has 1 aromatic heterocycles. The lowest BCUT2D eigenvalue weighted by Gasteiger charge is -2.43. The van der Waals surface area contributed by atoms with Crippen molar-refractivity contribution in [2.45, 2.75) is 37.0 Å². The molecule has 98 valence electrons. The van der Waals surface area contributed by atoms with Crippen LogP contribution in [-0.4, -0.2) is 31.0 Å². The van der Waals surface area contributed by atoms with Crippen LogP contribution in [0.4, 0.5) is 0 Å². The van der Waals surface area contributed by atoms with Crippen LogP contribution in [0.1, 0.15) is 31.2 Å². The lowest BCUT2D eigenvalue weighted by Crippen LogP contribution is -2.48. The minimum absolute atomic E-state index is 0.0226. The minimum atomic E-state index is -0.303. The van der Waals surface area contributed by atoms with Crippen LogP contribution in [-0.2, 0) is 15.0 Å². The second-order valence-corrected chi connectivity index (χ2v) is 5.18. The van der Waals surface area contributed by atoms with Crippen molar-refractivity contribution in [1.82, 2.24) is 10.3 Å². The Bertz CT molecular complexity index is 392. The highest BCUT2D eigenvalue weighted by atomic mass is 16.7. The molecule has 0 bridgehead atoms. The normalized spacial score (nSPS) is 25.4. The fourth-order valence-electron chi connectivity index (χ4n) is 3.17. The van der Waals surface area contributed by atoms with Gasteiger partial charge in [0.1, 0.15) is 0 Å².